The smallest absolute Gasteiger partial charge is 0.133 e. The number of hydrogen-bond acceptors (Lipinski definition) is 1. The molecule has 1 N–H and O–H groups in total. The van der Waals surface area contributed by atoms with Gasteiger partial charge in [-0.25, -0.2) is 8.78 Å². The zero-order chi connectivity index (χ0) is 14.0. The number of hydrogen-bond donors (Lipinski definition) is 1. The monoisotopic (exact) mass is 260 g/mol. The molecule has 0 fully saturated rings. The molecule has 2 aromatic carbocycles. The maximum atomic E-state index is 13.4. The molecule has 0 amide bonds. The topological polar surface area (TPSA) is 20.2 Å². The van der Waals surface area contributed by atoms with E-state index in [0.717, 1.165) is 22.8 Å². The summed E-state index contributed by atoms with van der Waals surface area (Å²) in [4.78, 5) is 0. The van der Waals surface area contributed by atoms with Gasteiger partial charge in [-0.05, 0) is 54.8 Å². The summed E-state index contributed by atoms with van der Waals surface area (Å²) in [5.41, 5.74) is 2.71. The summed E-state index contributed by atoms with van der Waals surface area (Å²) < 4.78 is 26.2. The van der Waals surface area contributed by atoms with E-state index in [2.05, 4.69) is 0 Å². The number of phenolic OH excluding ortho intramolecular Hbond substituents is 1. The van der Waals surface area contributed by atoms with Gasteiger partial charge < -0.3 is 5.11 Å². The minimum atomic E-state index is -0.594. The summed E-state index contributed by atoms with van der Waals surface area (Å²) >= 11 is 0. The highest BCUT2D eigenvalue weighted by molar-refractivity contribution is 5.71. The van der Waals surface area contributed by atoms with Crippen LogP contribution in [0.15, 0.2) is 30.3 Å². The Morgan fingerprint density at radius 2 is 1.58 bits per heavy atom. The molecule has 0 aliphatic heterocycles. The van der Waals surface area contributed by atoms with Crippen LogP contribution in [0.3, 0.4) is 0 Å². The lowest BCUT2D eigenvalue weighted by atomic mass is 10.0. The second-order valence-corrected chi connectivity index (χ2v) is 4.50. The van der Waals surface area contributed by atoms with Crippen molar-refractivity contribution in [3.8, 4) is 5.75 Å². The fourth-order valence-corrected chi connectivity index (χ4v) is 1.91. The van der Waals surface area contributed by atoms with Crippen LogP contribution in [0.1, 0.15) is 22.3 Å². The predicted molar refractivity (Wildman–Crippen MR) is 72.9 cm³/mol. The highest BCUT2D eigenvalue weighted by atomic mass is 19.1. The summed E-state index contributed by atoms with van der Waals surface area (Å²) in [5, 5.41) is 9.66. The molecule has 2 rings (SSSR count). The third-order valence-corrected chi connectivity index (χ3v) is 2.93. The maximum Gasteiger partial charge on any atom is 0.133 e. The zero-order valence-electron chi connectivity index (χ0n) is 10.7. The normalized spacial score (nSPS) is 11.2. The van der Waals surface area contributed by atoms with Gasteiger partial charge in [0, 0.05) is 11.6 Å². The number of aryl methyl sites for hydroxylation is 2. The van der Waals surface area contributed by atoms with E-state index in [0.29, 0.717) is 5.56 Å². The lowest BCUT2D eigenvalue weighted by Gasteiger charge is -2.04. The number of benzene rings is 2. The first-order chi connectivity index (χ1) is 8.97. The fourth-order valence-electron chi connectivity index (χ4n) is 1.91. The largest absolute Gasteiger partial charge is 0.507 e. The van der Waals surface area contributed by atoms with Gasteiger partial charge in [-0.1, -0.05) is 12.2 Å². The SMILES string of the molecule is Cc1cc(/C=C/c2ccc(F)cc2F)cc(C)c1O. The molecule has 0 saturated carbocycles. The fraction of sp³-hybridized carbons (Fsp3) is 0.125. The van der Waals surface area contributed by atoms with Crippen LogP contribution in [0, 0.1) is 25.5 Å². The van der Waals surface area contributed by atoms with E-state index in [1.165, 1.54) is 12.1 Å². The molecule has 0 spiro atoms. The average Bonchev–Trinajstić information content (AvgIpc) is 2.34. The van der Waals surface area contributed by atoms with Gasteiger partial charge in [0.25, 0.3) is 0 Å². The Morgan fingerprint density at radius 1 is 0.947 bits per heavy atom. The average molecular weight is 260 g/mol. The van der Waals surface area contributed by atoms with Crippen molar-refractivity contribution in [3.63, 3.8) is 0 Å². The van der Waals surface area contributed by atoms with Crippen LogP contribution < -0.4 is 0 Å². The molecule has 0 saturated heterocycles. The molecular formula is C16H14F2O. The third-order valence-electron chi connectivity index (χ3n) is 2.93. The summed E-state index contributed by atoms with van der Waals surface area (Å²) in [5.74, 6) is -0.917. The van der Waals surface area contributed by atoms with Crippen LogP contribution in [0.4, 0.5) is 8.78 Å². The second-order valence-electron chi connectivity index (χ2n) is 4.50. The summed E-state index contributed by atoms with van der Waals surface area (Å²) in [6.45, 7) is 3.61. The van der Waals surface area contributed by atoms with Crippen molar-refractivity contribution in [2.24, 2.45) is 0 Å². The predicted octanol–water partition coefficient (Wildman–Crippen LogP) is 4.46. The minimum absolute atomic E-state index is 0.269. The van der Waals surface area contributed by atoms with E-state index in [1.807, 2.05) is 0 Å². The molecule has 0 aliphatic carbocycles. The van der Waals surface area contributed by atoms with Crippen LogP contribution in [-0.2, 0) is 0 Å². The standard InChI is InChI=1S/C16H14F2O/c1-10-7-12(8-11(2)16(10)19)3-4-13-5-6-14(17)9-15(13)18/h3-9,19H,1-2H3/b4-3+. The molecule has 19 heavy (non-hydrogen) atoms. The minimum Gasteiger partial charge on any atom is -0.507 e. The van der Waals surface area contributed by atoms with Crippen LogP contribution in [0.2, 0.25) is 0 Å². The molecule has 3 heteroatoms. The molecule has 0 heterocycles. The Hall–Kier alpha value is -2.16. The molecule has 0 aliphatic rings. The molecule has 0 atom stereocenters. The van der Waals surface area contributed by atoms with Crippen LogP contribution in [0.5, 0.6) is 5.75 Å². The van der Waals surface area contributed by atoms with Crippen molar-refractivity contribution in [1.82, 2.24) is 0 Å². The highest BCUT2D eigenvalue weighted by Crippen LogP contribution is 2.24. The van der Waals surface area contributed by atoms with Gasteiger partial charge in [-0.2, -0.15) is 0 Å². The Morgan fingerprint density at radius 3 is 2.16 bits per heavy atom. The summed E-state index contributed by atoms with van der Waals surface area (Å²) in [6, 6.07) is 7.07. The van der Waals surface area contributed by atoms with Gasteiger partial charge in [0.2, 0.25) is 0 Å². The van der Waals surface area contributed by atoms with E-state index >= 15 is 0 Å². The molecule has 0 unspecified atom stereocenters. The number of aromatic hydroxyl groups is 1. The first kappa shape index (κ1) is 13.3. The van der Waals surface area contributed by atoms with E-state index < -0.39 is 11.6 Å². The van der Waals surface area contributed by atoms with Crippen molar-refractivity contribution in [2.45, 2.75) is 13.8 Å². The van der Waals surface area contributed by atoms with Crippen molar-refractivity contribution < 1.29 is 13.9 Å². The van der Waals surface area contributed by atoms with E-state index in [-0.39, 0.29) is 5.75 Å². The Labute approximate surface area is 110 Å². The van der Waals surface area contributed by atoms with Gasteiger partial charge in [-0.3, -0.25) is 0 Å². The molecule has 1 nitrogen and oxygen atoms in total. The first-order valence-electron chi connectivity index (χ1n) is 5.90. The second kappa shape index (κ2) is 5.22. The summed E-state index contributed by atoms with van der Waals surface area (Å²) in [7, 11) is 0. The Kier molecular flexibility index (Phi) is 3.65. The number of halogens is 2. The maximum absolute atomic E-state index is 13.4. The van der Waals surface area contributed by atoms with Gasteiger partial charge >= 0.3 is 0 Å². The highest BCUT2D eigenvalue weighted by Gasteiger charge is 2.03. The lowest BCUT2D eigenvalue weighted by molar-refractivity contribution is 0.467. The van der Waals surface area contributed by atoms with Crippen molar-refractivity contribution in [3.05, 3.63) is 64.2 Å². The molecule has 0 aromatic heterocycles. The molecule has 98 valence electrons. The quantitative estimate of drug-likeness (QED) is 0.790. The van der Waals surface area contributed by atoms with Gasteiger partial charge in [-0.15, -0.1) is 0 Å². The number of rotatable bonds is 2. The molecular weight excluding hydrogens is 246 g/mol. The van der Waals surface area contributed by atoms with Crippen LogP contribution in [-0.4, -0.2) is 5.11 Å². The van der Waals surface area contributed by atoms with Crippen LogP contribution >= 0.6 is 0 Å². The molecule has 2 aromatic rings. The summed E-state index contributed by atoms with van der Waals surface area (Å²) in [6.07, 6.45) is 3.32. The van der Waals surface area contributed by atoms with Gasteiger partial charge in [0.1, 0.15) is 17.4 Å². The van der Waals surface area contributed by atoms with Crippen molar-refractivity contribution in [1.29, 1.82) is 0 Å². The van der Waals surface area contributed by atoms with Crippen LogP contribution in [0.25, 0.3) is 12.2 Å². The zero-order valence-corrected chi connectivity index (χ0v) is 10.7. The molecule has 0 radical (unpaired) electrons. The Balaban J connectivity index is 2.32. The molecule has 0 bridgehead atoms. The lowest BCUT2D eigenvalue weighted by Crippen LogP contribution is -1.85. The Bertz CT molecular complexity index is 622. The van der Waals surface area contributed by atoms with Gasteiger partial charge in [0.15, 0.2) is 0 Å². The van der Waals surface area contributed by atoms with Crippen molar-refractivity contribution in [2.75, 3.05) is 0 Å². The third kappa shape index (κ3) is 2.99. The number of phenols is 1. The van der Waals surface area contributed by atoms with E-state index in [4.69, 9.17) is 0 Å². The van der Waals surface area contributed by atoms with Crippen molar-refractivity contribution >= 4 is 12.2 Å². The van der Waals surface area contributed by atoms with E-state index in [1.54, 1.807) is 38.1 Å². The first-order valence-corrected chi connectivity index (χ1v) is 5.90. The van der Waals surface area contributed by atoms with E-state index in [9.17, 15) is 13.9 Å². The van der Waals surface area contributed by atoms with Gasteiger partial charge in [0.05, 0.1) is 0 Å².